The maximum Gasteiger partial charge on any atom is 0.271 e. The standard InChI is InChI=1S/C18H20N2O5/c1-11(14-7-6-13(23-2)10-15(14)21)19-20-18(22)12-5-8-16(24-3)17(9-12)25-4/h5-10,21H,1-4H3,(H,20,22)/b19-11+. The van der Waals surface area contributed by atoms with Crippen molar-refractivity contribution in [3.05, 3.63) is 47.5 Å². The molecule has 0 spiro atoms. The Morgan fingerprint density at radius 3 is 2.32 bits per heavy atom. The van der Waals surface area contributed by atoms with Crippen LogP contribution in [0.25, 0.3) is 0 Å². The molecule has 2 N–H and O–H groups in total. The molecule has 0 saturated carbocycles. The van der Waals surface area contributed by atoms with E-state index in [1.807, 2.05) is 0 Å². The molecule has 2 aromatic rings. The lowest BCUT2D eigenvalue weighted by Gasteiger charge is -2.09. The molecule has 0 fully saturated rings. The third-order valence-electron chi connectivity index (χ3n) is 3.57. The van der Waals surface area contributed by atoms with Crippen LogP contribution in [0.3, 0.4) is 0 Å². The summed E-state index contributed by atoms with van der Waals surface area (Å²) >= 11 is 0. The number of rotatable bonds is 6. The summed E-state index contributed by atoms with van der Waals surface area (Å²) in [6.45, 7) is 1.68. The van der Waals surface area contributed by atoms with Crippen LogP contribution in [0.1, 0.15) is 22.8 Å². The molecule has 0 aliphatic heterocycles. The van der Waals surface area contributed by atoms with Gasteiger partial charge in [-0.1, -0.05) is 0 Å². The van der Waals surface area contributed by atoms with Crippen molar-refractivity contribution in [2.24, 2.45) is 5.10 Å². The second kappa shape index (κ2) is 8.05. The molecule has 2 rings (SSSR count). The number of nitrogens with zero attached hydrogens (tertiary/aromatic N) is 1. The first-order valence-electron chi connectivity index (χ1n) is 7.44. The van der Waals surface area contributed by atoms with Crippen LogP contribution >= 0.6 is 0 Å². The first-order chi connectivity index (χ1) is 12.0. The molecule has 7 heteroatoms. The van der Waals surface area contributed by atoms with Crippen molar-refractivity contribution >= 4 is 11.6 Å². The van der Waals surface area contributed by atoms with E-state index in [2.05, 4.69) is 10.5 Å². The lowest BCUT2D eigenvalue weighted by molar-refractivity contribution is 0.0954. The number of nitrogens with one attached hydrogen (secondary N) is 1. The van der Waals surface area contributed by atoms with Gasteiger partial charge in [-0.15, -0.1) is 0 Å². The normalized spacial score (nSPS) is 11.0. The third kappa shape index (κ3) is 4.20. The molecule has 25 heavy (non-hydrogen) atoms. The van der Waals surface area contributed by atoms with Crippen molar-refractivity contribution in [1.82, 2.24) is 5.43 Å². The highest BCUT2D eigenvalue weighted by Crippen LogP contribution is 2.27. The molecular weight excluding hydrogens is 324 g/mol. The van der Waals surface area contributed by atoms with E-state index in [4.69, 9.17) is 14.2 Å². The van der Waals surface area contributed by atoms with Gasteiger partial charge in [0.1, 0.15) is 11.5 Å². The van der Waals surface area contributed by atoms with E-state index in [-0.39, 0.29) is 5.75 Å². The second-order valence-electron chi connectivity index (χ2n) is 5.09. The predicted octanol–water partition coefficient (Wildman–Crippen LogP) is 2.57. The monoisotopic (exact) mass is 344 g/mol. The maximum absolute atomic E-state index is 12.2. The summed E-state index contributed by atoms with van der Waals surface area (Å²) in [5.74, 6) is 1.11. The summed E-state index contributed by atoms with van der Waals surface area (Å²) in [4.78, 5) is 12.2. The fourth-order valence-electron chi connectivity index (χ4n) is 2.18. The van der Waals surface area contributed by atoms with Crippen molar-refractivity contribution < 1.29 is 24.1 Å². The number of phenolic OH excluding ortho intramolecular Hbond substituents is 1. The zero-order valence-electron chi connectivity index (χ0n) is 14.5. The lowest BCUT2D eigenvalue weighted by Crippen LogP contribution is -2.19. The Balaban J connectivity index is 2.16. The minimum atomic E-state index is -0.409. The number of hydrogen-bond acceptors (Lipinski definition) is 6. The van der Waals surface area contributed by atoms with E-state index >= 15 is 0 Å². The smallest absolute Gasteiger partial charge is 0.271 e. The van der Waals surface area contributed by atoms with Gasteiger partial charge in [0.2, 0.25) is 0 Å². The Morgan fingerprint density at radius 2 is 1.72 bits per heavy atom. The van der Waals surface area contributed by atoms with Gasteiger partial charge in [-0.2, -0.15) is 5.10 Å². The van der Waals surface area contributed by atoms with Gasteiger partial charge in [0.15, 0.2) is 11.5 Å². The molecule has 0 saturated heterocycles. The highest BCUT2D eigenvalue weighted by molar-refractivity contribution is 6.02. The summed E-state index contributed by atoms with van der Waals surface area (Å²) in [6.07, 6.45) is 0. The fraction of sp³-hybridized carbons (Fsp3) is 0.222. The number of carbonyl (C=O) groups is 1. The molecule has 132 valence electrons. The molecule has 0 aliphatic carbocycles. The summed E-state index contributed by atoms with van der Waals surface area (Å²) in [7, 11) is 4.53. The zero-order chi connectivity index (χ0) is 18.4. The number of carbonyl (C=O) groups excluding carboxylic acids is 1. The van der Waals surface area contributed by atoms with E-state index in [0.29, 0.717) is 34.1 Å². The summed E-state index contributed by atoms with van der Waals surface area (Å²) in [5, 5.41) is 14.0. The molecule has 0 heterocycles. The summed E-state index contributed by atoms with van der Waals surface area (Å²) < 4.78 is 15.3. The maximum atomic E-state index is 12.2. The highest BCUT2D eigenvalue weighted by Gasteiger charge is 2.11. The van der Waals surface area contributed by atoms with Gasteiger partial charge >= 0.3 is 0 Å². The molecule has 0 aromatic heterocycles. The van der Waals surface area contributed by atoms with Gasteiger partial charge in [-0.05, 0) is 37.3 Å². The van der Waals surface area contributed by atoms with Crippen molar-refractivity contribution in [2.75, 3.05) is 21.3 Å². The Bertz CT molecular complexity index is 802. The minimum Gasteiger partial charge on any atom is -0.507 e. The van der Waals surface area contributed by atoms with Crippen LogP contribution < -0.4 is 19.6 Å². The molecule has 0 bridgehead atoms. The Kier molecular flexibility index (Phi) is 5.84. The SMILES string of the molecule is COc1ccc(/C(C)=N/NC(=O)c2ccc(OC)c(OC)c2)c(O)c1. The number of methoxy groups -OCH3 is 3. The van der Waals surface area contributed by atoms with Gasteiger partial charge in [0, 0.05) is 17.2 Å². The van der Waals surface area contributed by atoms with E-state index in [0.717, 1.165) is 0 Å². The second-order valence-corrected chi connectivity index (χ2v) is 5.09. The number of ether oxygens (including phenoxy) is 3. The van der Waals surface area contributed by atoms with Crippen LogP contribution in [0.2, 0.25) is 0 Å². The quantitative estimate of drug-likeness (QED) is 0.621. The van der Waals surface area contributed by atoms with Crippen molar-refractivity contribution in [2.45, 2.75) is 6.92 Å². The molecule has 7 nitrogen and oxygen atoms in total. The number of hydrogen-bond donors (Lipinski definition) is 2. The van der Waals surface area contributed by atoms with Crippen molar-refractivity contribution in [3.63, 3.8) is 0 Å². The van der Waals surface area contributed by atoms with Crippen LogP contribution in [-0.4, -0.2) is 38.1 Å². The van der Waals surface area contributed by atoms with Gasteiger partial charge in [0.25, 0.3) is 5.91 Å². The minimum absolute atomic E-state index is 0.0148. The van der Waals surface area contributed by atoms with Gasteiger partial charge < -0.3 is 19.3 Å². The van der Waals surface area contributed by atoms with Gasteiger partial charge in [-0.25, -0.2) is 5.43 Å². The van der Waals surface area contributed by atoms with Gasteiger partial charge in [-0.3, -0.25) is 4.79 Å². The van der Waals surface area contributed by atoms with Crippen LogP contribution in [0.4, 0.5) is 0 Å². The number of amides is 1. The third-order valence-corrected chi connectivity index (χ3v) is 3.57. The average Bonchev–Trinajstić information content (AvgIpc) is 2.64. The van der Waals surface area contributed by atoms with E-state index in [9.17, 15) is 9.90 Å². The Labute approximate surface area is 145 Å². The molecule has 0 atom stereocenters. The summed E-state index contributed by atoms with van der Waals surface area (Å²) in [6, 6.07) is 9.64. The number of phenols is 1. The Hall–Kier alpha value is -3.22. The first kappa shape index (κ1) is 18.1. The molecule has 1 amide bonds. The molecule has 0 radical (unpaired) electrons. The van der Waals surface area contributed by atoms with Crippen molar-refractivity contribution in [1.29, 1.82) is 0 Å². The number of benzene rings is 2. The molecular formula is C18H20N2O5. The first-order valence-corrected chi connectivity index (χ1v) is 7.44. The van der Waals surface area contributed by atoms with Crippen LogP contribution in [0.5, 0.6) is 23.0 Å². The van der Waals surface area contributed by atoms with E-state index in [1.165, 1.54) is 27.4 Å². The largest absolute Gasteiger partial charge is 0.507 e. The molecule has 2 aromatic carbocycles. The van der Waals surface area contributed by atoms with Crippen LogP contribution in [-0.2, 0) is 0 Å². The van der Waals surface area contributed by atoms with Crippen molar-refractivity contribution in [3.8, 4) is 23.0 Å². The summed E-state index contributed by atoms with van der Waals surface area (Å²) in [5.41, 5.74) is 3.77. The van der Waals surface area contributed by atoms with E-state index < -0.39 is 5.91 Å². The van der Waals surface area contributed by atoms with E-state index in [1.54, 1.807) is 37.3 Å². The molecule has 0 unspecified atom stereocenters. The highest BCUT2D eigenvalue weighted by atomic mass is 16.5. The van der Waals surface area contributed by atoms with Gasteiger partial charge in [0.05, 0.1) is 27.0 Å². The predicted molar refractivity (Wildman–Crippen MR) is 93.9 cm³/mol. The zero-order valence-corrected chi connectivity index (χ0v) is 14.5. The fourth-order valence-corrected chi connectivity index (χ4v) is 2.18. The van der Waals surface area contributed by atoms with Crippen LogP contribution in [0.15, 0.2) is 41.5 Å². The average molecular weight is 344 g/mol. The number of hydrazone groups is 1. The topological polar surface area (TPSA) is 89.4 Å². The van der Waals surface area contributed by atoms with Crippen LogP contribution in [0, 0.1) is 0 Å². The Morgan fingerprint density at radius 1 is 1.00 bits per heavy atom. The molecule has 0 aliphatic rings. The number of aromatic hydroxyl groups is 1. The lowest BCUT2D eigenvalue weighted by atomic mass is 10.1.